The van der Waals surface area contributed by atoms with Gasteiger partial charge in [0.05, 0.1) is 17.3 Å². The first kappa shape index (κ1) is 27.9. The third kappa shape index (κ3) is 5.26. The van der Waals surface area contributed by atoms with Crippen molar-refractivity contribution >= 4 is 39.9 Å². The lowest BCUT2D eigenvalue weighted by molar-refractivity contribution is -0.132. The smallest absolute Gasteiger partial charge is 0.350 e. The summed E-state index contributed by atoms with van der Waals surface area (Å²) >= 11 is 0.936. The quantitative estimate of drug-likeness (QED) is 0.121. The van der Waals surface area contributed by atoms with Crippen molar-refractivity contribution in [2.45, 2.75) is 32.4 Å². The zero-order chi connectivity index (χ0) is 29.3. The first-order chi connectivity index (χ1) is 19.7. The van der Waals surface area contributed by atoms with Crippen molar-refractivity contribution < 1.29 is 33.7 Å². The molecule has 2 atom stereocenters. The average molecular weight is 573 g/mol. The number of aliphatic hydroxyl groups is 1. The van der Waals surface area contributed by atoms with Gasteiger partial charge in [0.2, 0.25) is 0 Å². The van der Waals surface area contributed by atoms with E-state index in [-0.39, 0.29) is 34.1 Å². The molecule has 5 rings (SSSR count). The van der Waals surface area contributed by atoms with Crippen LogP contribution in [0.25, 0.3) is 5.76 Å². The number of aryl methyl sites for hydroxylation is 1. The van der Waals surface area contributed by atoms with E-state index in [2.05, 4.69) is 18.1 Å². The maximum atomic E-state index is 13.6. The third-order valence-corrected chi connectivity index (χ3v) is 7.82. The van der Waals surface area contributed by atoms with Gasteiger partial charge in [-0.2, -0.15) is 0 Å². The van der Waals surface area contributed by atoms with Gasteiger partial charge in [-0.25, -0.2) is 9.78 Å². The Labute approximate surface area is 241 Å². The van der Waals surface area contributed by atoms with E-state index in [0.717, 1.165) is 22.6 Å². The number of esters is 1. The fourth-order valence-electron chi connectivity index (χ4n) is 4.85. The van der Waals surface area contributed by atoms with Crippen LogP contribution in [0.1, 0.15) is 45.0 Å². The van der Waals surface area contributed by atoms with Crippen LogP contribution in [0, 0.1) is 6.92 Å². The normalized spacial score (nSPS) is 19.0. The van der Waals surface area contributed by atoms with E-state index in [1.54, 1.807) is 55.5 Å². The lowest BCUT2D eigenvalue weighted by atomic mass is 9.94. The van der Waals surface area contributed by atoms with Gasteiger partial charge in [-0.3, -0.25) is 14.5 Å². The number of Topliss-reactive ketones (excluding diaryl/α,β-unsaturated/α-hetero) is 1. The van der Waals surface area contributed by atoms with Gasteiger partial charge in [0.25, 0.3) is 5.78 Å². The molecular weight excluding hydrogens is 544 g/mol. The van der Waals surface area contributed by atoms with Crippen molar-refractivity contribution in [3.63, 3.8) is 0 Å². The van der Waals surface area contributed by atoms with Gasteiger partial charge in [-0.1, -0.05) is 48.8 Å². The van der Waals surface area contributed by atoms with Gasteiger partial charge < -0.3 is 19.3 Å². The van der Waals surface area contributed by atoms with E-state index >= 15 is 0 Å². The minimum Gasteiger partial charge on any atom is -0.507 e. The third-order valence-electron chi connectivity index (χ3n) is 6.69. The molecule has 2 aromatic carbocycles. The first-order valence-corrected chi connectivity index (χ1v) is 13.7. The summed E-state index contributed by atoms with van der Waals surface area (Å²) < 4.78 is 16.5. The summed E-state index contributed by atoms with van der Waals surface area (Å²) in [6.45, 7) is 11.1. The summed E-state index contributed by atoms with van der Waals surface area (Å²) in [6.07, 6.45) is 3.72. The molecule has 1 saturated heterocycles. The number of aromatic nitrogens is 1. The second-order valence-corrected chi connectivity index (χ2v) is 10.6. The van der Waals surface area contributed by atoms with E-state index in [1.165, 1.54) is 11.0 Å². The Kier molecular flexibility index (Phi) is 7.76. The zero-order valence-electron chi connectivity index (χ0n) is 22.6. The number of thiazole rings is 1. The maximum absolute atomic E-state index is 13.6. The summed E-state index contributed by atoms with van der Waals surface area (Å²) in [5.74, 6) is -1.39. The number of nitrogens with zero attached hydrogens (tertiary/aromatic N) is 2. The molecule has 1 amide bonds. The van der Waals surface area contributed by atoms with Crippen LogP contribution in [0.5, 0.6) is 11.5 Å². The van der Waals surface area contributed by atoms with E-state index in [9.17, 15) is 19.5 Å². The van der Waals surface area contributed by atoms with Crippen LogP contribution < -0.4 is 14.4 Å². The highest BCUT2D eigenvalue weighted by Gasteiger charge is 2.48. The van der Waals surface area contributed by atoms with Crippen molar-refractivity contribution in [3.05, 3.63) is 101 Å². The Hall–Kier alpha value is -4.70. The van der Waals surface area contributed by atoms with E-state index in [4.69, 9.17) is 14.2 Å². The molecule has 3 aromatic rings. The Morgan fingerprint density at radius 1 is 1.17 bits per heavy atom. The van der Waals surface area contributed by atoms with Crippen molar-refractivity contribution in [1.29, 1.82) is 0 Å². The Balaban J connectivity index is 1.62. The zero-order valence-corrected chi connectivity index (χ0v) is 23.4. The number of amides is 1. The Bertz CT molecular complexity index is 1590. The van der Waals surface area contributed by atoms with Crippen LogP contribution in [0.3, 0.4) is 0 Å². The standard InChI is InChI=1S/C31H28N2O7S/c1-5-13-38-22-10-7-19(8-11-22)25-24(26(34)20-9-12-23-21(16-20)15-17(3)40-23)27(35)29(36)33(25)31-32-18(4)28(41-31)30(37)39-14-6-2/h5-12,16-17,25,34H,1-2,13-15H2,3-4H3/b26-24+. The monoisotopic (exact) mass is 572 g/mol. The summed E-state index contributed by atoms with van der Waals surface area (Å²) in [6, 6.07) is 11.0. The number of benzene rings is 2. The highest BCUT2D eigenvalue weighted by molar-refractivity contribution is 7.17. The van der Waals surface area contributed by atoms with Crippen LogP contribution in [0.15, 0.2) is 73.3 Å². The number of fused-ring (bicyclic) bond motifs is 1. The molecule has 9 nitrogen and oxygen atoms in total. The van der Waals surface area contributed by atoms with Crippen LogP contribution >= 0.6 is 11.3 Å². The molecular formula is C31H28N2O7S. The predicted molar refractivity (Wildman–Crippen MR) is 154 cm³/mol. The summed E-state index contributed by atoms with van der Waals surface area (Å²) in [7, 11) is 0. The van der Waals surface area contributed by atoms with Gasteiger partial charge >= 0.3 is 11.9 Å². The average Bonchev–Trinajstić information content (AvgIpc) is 3.62. The predicted octanol–water partition coefficient (Wildman–Crippen LogP) is 5.31. The minimum atomic E-state index is -1.02. The van der Waals surface area contributed by atoms with Gasteiger partial charge in [-0.05, 0) is 55.3 Å². The van der Waals surface area contributed by atoms with Crippen LogP contribution in [0.4, 0.5) is 5.13 Å². The minimum absolute atomic E-state index is 0.00434. The molecule has 0 saturated carbocycles. The molecule has 2 aliphatic rings. The first-order valence-electron chi connectivity index (χ1n) is 12.9. The van der Waals surface area contributed by atoms with E-state index in [0.29, 0.717) is 35.6 Å². The molecule has 1 aromatic heterocycles. The molecule has 41 heavy (non-hydrogen) atoms. The fourth-order valence-corrected chi connectivity index (χ4v) is 5.83. The van der Waals surface area contributed by atoms with Gasteiger partial charge in [0.1, 0.15) is 41.5 Å². The second-order valence-electron chi connectivity index (χ2n) is 9.59. The number of hydrogen-bond acceptors (Lipinski definition) is 9. The molecule has 3 heterocycles. The molecule has 210 valence electrons. The summed E-state index contributed by atoms with van der Waals surface area (Å²) in [5, 5.41) is 11.6. The molecule has 1 N–H and O–H groups in total. The van der Waals surface area contributed by atoms with Crippen LogP contribution in [0.2, 0.25) is 0 Å². The Morgan fingerprint density at radius 3 is 2.61 bits per heavy atom. The molecule has 0 radical (unpaired) electrons. The molecule has 0 spiro atoms. The number of carbonyl (C=O) groups excluding carboxylic acids is 3. The van der Waals surface area contributed by atoms with Crippen molar-refractivity contribution in [2.75, 3.05) is 18.1 Å². The molecule has 0 aliphatic carbocycles. The number of ether oxygens (including phenoxy) is 3. The van der Waals surface area contributed by atoms with Crippen LogP contribution in [-0.4, -0.2) is 47.1 Å². The maximum Gasteiger partial charge on any atom is 0.350 e. The summed E-state index contributed by atoms with van der Waals surface area (Å²) in [5.41, 5.74) is 2.08. The van der Waals surface area contributed by atoms with Crippen molar-refractivity contribution in [3.8, 4) is 11.5 Å². The van der Waals surface area contributed by atoms with Gasteiger partial charge in [0, 0.05) is 12.0 Å². The molecule has 2 unspecified atom stereocenters. The number of aliphatic hydroxyl groups excluding tert-OH is 1. The molecule has 0 bridgehead atoms. The lowest BCUT2D eigenvalue weighted by Crippen LogP contribution is -2.29. The summed E-state index contributed by atoms with van der Waals surface area (Å²) in [4.78, 5) is 45.6. The van der Waals surface area contributed by atoms with E-state index in [1.807, 2.05) is 6.92 Å². The van der Waals surface area contributed by atoms with Gasteiger partial charge in [-0.15, -0.1) is 0 Å². The van der Waals surface area contributed by atoms with Crippen LogP contribution in [-0.2, 0) is 20.7 Å². The highest BCUT2D eigenvalue weighted by Crippen LogP contribution is 2.44. The largest absolute Gasteiger partial charge is 0.507 e. The van der Waals surface area contributed by atoms with Crippen molar-refractivity contribution in [2.24, 2.45) is 0 Å². The van der Waals surface area contributed by atoms with E-state index < -0.39 is 23.7 Å². The molecule has 1 fully saturated rings. The SMILES string of the molecule is C=CCOC(=O)c1sc(N2C(=O)C(=O)/C(=C(/O)c3ccc4c(c3)CC(C)O4)C2c2ccc(OCC=C)cc2)nc1C. The Morgan fingerprint density at radius 2 is 1.90 bits per heavy atom. The second kappa shape index (κ2) is 11.4. The lowest BCUT2D eigenvalue weighted by Gasteiger charge is -2.23. The number of hydrogen-bond donors (Lipinski definition) is 1. The number of carbonyl (C=O) groups is 3. The molecule has 2 aliphatic heterocycles. The fraction of sp³-hybridized carbons (Fsp3) is 0.226. The molecule has 10 heteroatoms. The number of rotatable bonds is 9. The highest BCUT2D eigenvalue weighted by atomic mass is 32.1. The number of anilines is 1. The topological polar surface area (TPSA) is 115 Å². The number of ketones is 1. The van der Waals surface area contributed by atoms with Gasteiger partial charge in [0.15, 0.2) is 5.13 Å². The van der Waals surface area contributed by atoms with Crippen molar-refractivity contribution in [1.82, 2.24) is 4.98 Å².